The van der Waals surface area contributed by atoms with Gasteiger partial charge in [-0.1, -0.05) is 18.2 Å². The van der Waals surface area contributed by atoms with Gasteiger partial charge in [-0.05, 0) is 31.4 Å². The molecule has 7 nitrogen and oxygen atoms in total. The molecular weight excluding hydrogens is 350 g/mol. The summed E-state index contributed by atoms with van der Waals surface area (Å²) < 4.78 is 24.8. The van der Waals surface area contributed by atoms with Gasteiger partial charge in [0.25, 0.3) is 0 Å². The molecular formula is C18H29N5O2S. The molecule has 0 unspecified atom stereocenters. The van der Waals surface area contributed by atoms with E-state index in [0.717, 1.165) is 30.9 Å². The van der Waals surface area contributed by atoms with Gasteiger partial charge in [0.15, 0.2) is 5.96 Å². The average molecular weight is 380 g/mol. The lowest BCUT2D eigenvalue weighted by Crippen LogP contribution is -2.39. The normalized spacial score (nSPS) is 12.7. The molecule has 0 fully saturated rings. The Morgan fingerprint density at radius 3 is 2.69 bits per heavy atom. The Kier molecular flexibility index (Phi) is 7.47. The van der Waals surface area contributed by atoms with Crippen molar-refractivity contribution in [2.24, 2.45) is 4.99 Å². The van der Waals surface area contributed by atoms with Crippen molar-refractivity contribution in [1.82, 2.24) is 19.9 Å². The molecule has 2 aromatic rings. The van der Waals surface area contributed by atoms with Crippen LogP contribution in [0.3, 0.4) is 0 Å². The summed E-state index contributed by atoms with van der Waals surface area (Å²) in [4.78, 5) is 7.49. The van der Waals surface area contributed by atoms with Crippen LogP contribution in [0.25, 0.3) is 10.9 Å². The van der Waals surface area contributed by atoms with Gasteiger partial charge in [0.05, 0.1) is 5.75 Å². The van der Waals surface area contributed by atoms with Crippen LogP contribution in [0.15, 0.2) is 35.5 Å². The summed E-state index contributed by atoms with van der Waals surface area (Å²) in [6, 6.07) is 8.26. The number of benzene rings is 1. The van der Waals surface area contributed by atoms with Crippen LogP contribution in [0.1, 0.15) is 18.9 Å². The molecule has 3 N–H and O–H groups in total. The summed E-state index contributed by atoms with van der Waals surface area (Å²) in [5.74, 6) is 0.861. The van der Waals surface area contributed by atoms with Gasteiger partial charge in [0.1, 0.15) is 0 Å². The van der Waals surface area contributed by atoms with E-state index in [9.17, 15) is 8.42 Å². The number of sulfonamides is 1. The maximum absolute atomic E-state index is 11.7. The number of nitrogens with one attached hydrogen (secondary N) is 3. The Labute approximate surface area is 155 Å². The lowest BCUT2D eigenvalue weighted by Gasteiger charge is -2.16. The van der Waals surface area contributed by atoms with Crippen molar-refractivity contribution in [2.75, 3.05) is 39.5 Å². The Balaban J connectivity index is 1.71. The van der Waals surface area contributed by atoms with Crippen LogP contribution in [-0.4, -0.2) is 63.1 Å². The molecule has 0 saturated heterocycles. The molecule has 26 heavy (non-hydrogen) atoms. The molecule has 0 saturated carbocycles. The van der Waals surface area contributed by atoms with E-state index < -0.39 is 10.0 Å². The number of guanidine groups is 1. The molecule has 1 aromatic heterocycles. The Bertz CT molecular complexity index is 829. The zero-order chi connectivity index (χ0) is 19.0. The predicted molar refractivity (Wildman–Crippen MR) is 108 cm³/mol. The molecule has 0 atom stereocenters. The maximum atomic E-state index is 11.7. The van der Waals surface area contributed by atoms with Crippen LogP contribution in [0.5, 0.6) is 0 Å². The van der Waals surface area contributed by atoms with Gasteiger partial charge in [0, 0.05) is 50.8 Å². The topological polar surface area (TPSA) is 89.6 Å². The van der Waals surface area contributed by atoms with Crippen LogP contribution >= 0.6 is 0 Å². The lowest BCUT2D eigenvalue weighted by molar-refractivity contribution is 0.461. The van der Waals surface area contributed by atoms with Crippen LogP contribution < -0.4 is 10.6 Å². The number of rotatable bonds is 9. The highest BCUT2D eigenvalue weighted by Crippen LogP contribution is 2.17. The second kappa shape index (κ2) is 9.59. The number of hydrogen-bond donors (Lipinski definition) is 3. The van der Waals surface area contributed by atoms with Crippen molar-refractivity contribution in [3.63, 3.8) is 0 Å². The van der Waals surface area contributed by atoms with E-state index in [1.165, 1.54) is 15.3 Å². The molecule has 0 aliphatic carbocycles. The van der Waals surface area contributed by atoms with Crippen molar-refractivity contribution in [2.45, 2.75) is 19.8 Å². The van der Waals surface area contributed by atoms with E-state index in [4.69, 9.17) is 0 Å². The Morgan fingerprint density at radius 1 is 1.23 bits per heavy atom. The third-order valence-corrected chi connectivity index (χ3v) is 6.23. The molecule has 0 aliphatic heterocycles. The first kappa shape index (κ1) is 20.3. The number of aliphatic imine (C=N–C) groups is 1. The molecule has 1 heterocycles. The van der Waals surface area contributed by atoms with Crippen molar-refractivity contribution in [3.8, 4) is 0 Å². The zero-order valence-electron chi connectivity index (χ0n) is 15.7. The molecule has 144 valence electrons. The minimum atomic E-state index is -3.11. The number of para-hydroxylation sites is 1. The van der Waals surface area contributed by atoms with Gasteiger partial charge in [-0.3, -0.25) is 4.99 Å². The standard InChI is InChI=1S/C18H29N5O2S/c1-4-26(24,25)23(3)13-7-11-20-18(19-2)21-12-10-15-14-22-17-9-6-5-8-16(15)17/h5-6,8-9,14,22H,4,7,10-13H2,1-3H3,(H2,19,20,21). The fourth-order valence-corrected chi connectivity index (χ4v) is 3.59. The fraction of sp³-hybridized carbons (Fsp3) is 0.500. The van der Waals surface area contributed by atoms with Gasteiger partial charge in [-0.25, -0.2) is 12.7 Å². The molecule has 0 aliphatic rings. The second-order valence-electron chi connectivity index (χ2n) is 6.11. The number of H-pyrrole nitrogens is 1. The molecule has 1 aromatic carbocycles. The Morgan fingerprint density at radius 2 is 1.96 bits per heavy atom. The van der Waals surface area contributed by atoms with Gasteiger partial charge >= 0.3 is 0 Å². The molecule has 0 amide bonds. The SMILES string of the molecule is CCS(=O)(=O)N(C)CCCNC(=NC)NCCc1c[nH]c2ccccc12. The van der Waals surface area contributed by atoms with E-state index in [0.29, 0.717) is 13.1 Å². The van der Waals surface area contributed by atoms with E-state index in [2.05, 4.69) is 32.7 Å². The summed E-state index contributed by atoms with van der Waals surface area (Å²) in [7, 11) is 0.244. The van der Waals surface area contributed by atoms with Crippen LogP contribution in [-0.2, 0) is 16.4 Å². The molecule has 2 rings (SSSR count). The first-order chi connectivity index (χ1) is 12.5. The third kappa shape index (κ3) is 5.47. The first-order valence-electron chi connectivity index (χ1n) is 8.91. The second-order valence-corrected chi connectivity index (χ2v) is 8.48. The number of nitrogens with zero attached hydrogens (tertiary/aromatic N) is 2. The van der Waals surface area contributed by atoms with Gasteiger partial charge in [-0.15, -0.1) is 0 Å². The smallest absolute Gasteiger partial charge is 0.213 e. The molecule has 0 spiro atoms. The third-order valence-electron chi connectivity index (χ3n) is 4.37. The highest BCUT2D eigenvalue weighted by atomic mass is 32.2. The fourth-order valence-electron chi connectivity index (χ4n) is 2.74. The summed E-state index contributed by atoms with van der Waals surface area (Å²) in [5, 5.41) is 7.76. The number of hydrogen-bond acceptors (Lipinski definition) is 3. The predicted octanol–water partition coefficient (Wildman–Crippen LogP) is 1.55. The van der Waals surface area contributed by atoms with E-state index in [1.54, 1.807) is 21.0 Å². The minimum Gasteiger partial charge on any atom is -0.361 e. The lowest BCUT2D eigenvalue weighted by atomic mass is 10.1. The van der Waals surface area contributed by atoms with Gasteiger partial charge in [-0.2, -0.15) is 0 Å². The minimum absolute atomic E-state index is 0.133. The quantitative estimate of drug-likeness (QED) is 0.350. The van der Waals surface area contributed by atoms with Crippen molar-refractivity contribution < 1.29 is 8.42 Å². The summed E-state index contributed by atoms with van der Waals surface area (Å²) in [5.41, 5.74) is 2.42. The number of aromatic nitrogens is 1. The summed E-state index contributed by atoms with van der Waals surface area (Å²) in [6.07, 6.45) is 3.66. The van der Waals surface area contributed by atoms with Crippen molar-refractivity contribution in [1.29, 1.82) is 0 Å². The Hall–Kier alpha value is -2.06. The molecule has 8 heteroatoms. The van der Waals surface area contributed by atoms with Gasteiger partial charge < -0.3 is 15.6 Å². The summed E-state index contributed by atoms with van der Waals surface area (Å²) in [6.45, 7) is 3.58. The largest absolute Gasteiger partial charge is 0.361 e. The number of aromatic amines is 1. The molecule has 0 bridgehead atoms. The van der Waals surface area contributed by atoms with E-state index >= 15 is 0 Å². The average Bonchev–Trinajstić information content (AvgIpc) is 3.06. The van der Waals surface area contributed by atoms with Crippen molar-refractivity contribution in [3.05, 3.63) is 36.0 Å². The van der Waals surface area contributed by atoms with Crippen LogP contribution in [0.2, 0.25) is 0 Å². The zero-order valence-corrected chi connectivity index (χ0v) is 16.6. The highest BCUT2D eigenvalue weighted by molar-refractivity contribution is 7.89. The van der Waals surface area contributed by atoms with E-state index in [-0.39, 0.29) is 5.75 Å². The summed E-state index contributed by atoms with van der Waals surface area (Å²) >= 11 is 0. The van der Waals surface area contributed by atoms with Gasteiger partial charge in [0.2, 0.25) is 10.0 Å². The highest BCUT2D eigenvalue weighted by Gasteiger charge is 2.13. The molecule has 0 radical (unpaired) electrons. The maximum Gasteiger partial charge on any atom is 0.213 e. The van der Waals surface area contributed by atoms with Crippen LogP contribution in [0, 0.1) is 0 Å². The van der Waals surface area contributed by atoms with Crippen LogP contribution in [0.4, 0.5) is 0 Å². The van der Waals surface area contributed by atoms with E-state index in [1.807, 2.05) is 18.3 Å². The first-order valence-corrected chi connectivity index (χ1v) is 10.5. The number of fused-ring (bicyclic) bond motifs is 1. The monoisotopic (exact) mass is 379 g/mol. The van der Waals surface area contributed by atoms with Crippen molar-refractivity contribution >= 4 is 26.9 Å².